The van der Waals surface area contributed by atoms with E-state index in [0.717, 1.165) is 11.3 Å². The van der Waals surface area contributed by atoms with Crippen molar-refractivity contribution in [2.24, 2.45) is 12.8 Å². The number of halogens is 3. The molecule has 92 valence electrons. The van der Waals surface area contributed by atoms with E-state index in [9.17, 15) is 13.2 Å². The van der Waals surface area contributed by atoms with Crippen molar-refractivity contribution in [2.45, 2.75) is 38.9 Å². The quantitative estimate of drug-likeness (QED) is 0.874. The van der Waals surface area contributed by atoms with Crippen molar-refractivity contribution in [1.82, 2.24) is 9.78 Å². The molecule has 0 saturated heterocycles. The van der Waals surface area contributed by atoms with Gasteiger partial charge in [0.2, 0.25) is 0 Å². The first-order chi connectivity index (χ1) is 7.22. The maximum atomic E-state index is 12.1. The van der Waals surface area contributed by atoms with Crippen molar-refractivity contribution in [1.29, 1.82) is 0 Å². The first kappa shape index (κ1) is 13.0. The van der Waals surface area contributed by atoms with Crippen LogP contribution in [-0.4, -0.2) is 16.0 Å². The molecule has 1 unspecified atom stereocenters. The molecule has 2 N–H and O–H groups in total. The highest BCUT2D eigenvalue weighted by molar-refractivity contribution is 5.27. The van der Waals surface area contributed by atoms with Crippen LogP contribution in [0.2, 0.25) is 0 Å². The number of rotatable bonds is 3. The molecule has 6 heteroatoms. The van der Waals surface area contributed by atoms with Gasteiger partial charge in [-0.05, 0) is 20.3 Å². The van der Waals surface area contributed by atoms with Crippen LogP contribution in [0, 0.1) is 13.8 Å². The van der Waals surface area contributed by atoms with Crippen LogP contribution in [0.15, 0.2) is 0 Å². The second kappa shape index (κ2) is 4.45. The molecular weight excluding hydrogens is 219 g/mol. The molecular formula is C10H16F3N3. The fourth-order valence-electron chi connectivity index (χ4n) is 1.79. The summed E-state index contributed by atoms with van der Waals surface area (Å²) in [7, 11) is 1.75. The fraction of sp³-hybridized carbons (Fsp3) is 0.700. The van der Waals surface area contributed by atoms with Crippen LogP contribution in [0.4, 0.5) is 13.2 Å². The van der Waals surface area contributed by atoms with Gasteiger partial charge in [-0.15, -0.1) is 0 Å². The maximum absolute atomic E-state index is 12.1. The summed E-state index contributed by atoms with van der Waals surface area (Å²) in [5, 5.41) is 4.13. The van der Waals surface area contributed by atoms with E-state index < -0.39 is 18.6 Å². The molecule has 3 nitrogen and oxygen atoms in total. The molecule has 0 amide bonds. The summed E-state index contributed by atoms with van der Waals surface area (Å²) >= 11 is 0. The number of hydrogen-bond donors (Lipinski definition) is 1. The van der Waals surface area contributed by atoms with Crippen molar-refractivity contribution in [3.8, 4) is 0 Å². The van der Waals surface area contributed by atoms with E-state index in [0.29, 0.717) is 5.69 Å². The van der Waals surface area contributed by atoms with Crippen LogP contribution in [0.3, 0.4) is 0 Å². The summed E-state index contributed by atoms with van der Waals surface area (Å²) < 4.78 is 37.8. The third-order valence-electron chi connectivity index (χ3n) is 2.67. The van der Waals surface area contributed by atoms with Crippen molar-refractivity contribution in [3.05, 3.63) is 17.0 Å². The van der Waals surface area contributed by atoms with Gasteiger partial charge >= 0.3 is 6.18 Å². The topological polar surface area (TPSA) is 43.8 Å². The van der Waals surface area contributed by atoms with Crippen LogP contribution >= 0.6 is 0 Å². The van der Waals surface area contributed by atoms with Gasteiger partial charge in [0.05, 0.1) is 5.69 Å². The van der Waals surface area contributed by atoms with Gasteiger partial charge in [0, 0.05) is 30.8 Å². The predicted molar refractivity (Wildman–Crippen MR) is 54.9 cm³/mol. The molecule has 0 aliphatic carbocycles. The SMILES string of the molecule is Cc1nn(C)c(C)c1C(N)CCC(F)(F)F. The summed E-state index contributed by atoms with van der Waals surface area (Å²) in [6, 6.07) is -0.602. The highest BCUT2D eigenvalue weighted by Crippen LogP contribution is 2.28. The molecule has 1 heterocycles. The van der Waals surface area contributed by atoms with E-state index in [1.54, 1.807) is 18.7 Å². The molecule has 0 radical (unpaired) electrons. The molecule has 0 aromatic carbocycles. The highest BCUT2D eigenvalue weighted by Gasteiger charge is 2.29. The first-order valence-corrected chi connectivity index (χ1v) is 5.05. The Hall–Kier alpha value is -1.04. The average Bonchev–Trinajstić information content (AvgIpc) is 2.36. The Labute approximate surface area is 92.4 Å². The Morgan fingerprint density at radius 2 is 1.94 bits per heavy atom. The Kier molecular flexibility index (Phi) is 3.62. The number of alkyl halides is 3. The Balaban J connectivity index is 2.77. The molecule has 1 aromatic heterocycles. The number of nitrogens with two attached hydrogens (primary N) is 1. The van der Waals surface area contributed by atoms with Gasteiger partial charge in [-0.2, -0.15) is 18.3 Å². The zero-order chi connectivity index (χ0) is 12.5. The second-order valence-electron chi connectivity index (χ2n) is 3.97. The van der Waals surface area contributed by atoms with Gasteiger partial charge in [0.25, 0.3) is 0 Å². The third-order valence-corrected chi connectivity index (χ3v) is 2.67. The van der Waals surface area contributed by atoms with Gasteiger partial charge in [-0.3, -0.25) is 4.68 Å². The van der Waals surface area contributed by atoms with Crippen molar-refractivity contribution < 1.29 is 13.2 Å². The average molecular weight is 235 g/mol. The zero-order valence-corrected chi connectivity index (χ0v) is 9.60. The fourth-order valence-corrected chi connectivity index (χ4v) is 1.79. The van der Waals surface area contributed by atoms with E-state index in [-0.39, 0.29) is 6.42 Å². The molecule has 0 bridgehead atoms. The standard InChI is InChI=1S/C10H16F3N3/c1-6-9(7(2)16(3)15-6)8(14)4-5-10(11,12)13/h8H,4-5,14H2,1-3H3. The molecule has 0 aliphatic heterocycles. The van der Waals surface area contributed by atoms with Crippen LogP contribution < -0.4 is 5.73 Å². The minimum absolute atomic E-state index is 0.100. The summed E-state index contributed by atoms with van der Waals surface area (Å²) in [6.45, 7) is 3.57. The van der Waals surface area contributed by atoms with E-state index >= 15 is 0 Å². The summed E-state index contributed by atoms with van der Waals surface area (Å²) in [4.78, 5) is 0. The predicted octanol–water partition coefficient (Wildman–Crippen LogP) is 2.38. The highest BCUT2D eigenvalue weighted by atomic mass is 19.4. The largest absolute Gasteiger partial charge is 0.389 e. The maximum Gasteiger partial charge on any atom is 0.389 e. The minimum Gasteiger partial charge on any atom is -0.324 e. The summed E-state index contributed by atoms with van der Waals surface area (Å²) in [5.41, 5.74) is 8.02. The smallest absolute Gasteiger partial charge is 0.324 e. The van der Waals surface area contributed by atoms with E-state index in [1.807, 2.05) is 6.92 Å². The molecule has 0 fully saturated rings. The van der Waals surface area contributed by atoms with Crippen molar-refractivity contribution in [2.75, 3.05) is 0 Å². The summed E-state index contributed by atoms with van der Waals surface area (Å²) in [5.74, 6) is 0. The zero-order valence-electron chi connectivity index (χ0n) is 9.60. The number of hydrogen-bond acceptors (Lipinski definition) is 2. The molecule has 0 spiro atoms. The van der Waals surface area contributed by atoms with Crippen LogP contribution in [0.25, 0.3) is 0 Å². The lowest BCUT2D eigenvalue weighted by molar-refractivity contribution is -0.136. The summed E-state index contributed by atoms with van der Waals surface area (Å²) in [6.07, 6.45) is -5.11. The molecule has 1 aromatic rings. The molecule has 1 rings (SSSR count). The number of aryl methyl sites for hydroxylation is 2. The normalized spacial score (nSPS) is 14.2. The molecule has 1 atom stereocenters. The van der Waals surface area contributed by atoms with Crippen molar-refractivity contribution in [3.63, 3.8) is 0 Å². The van der Waals surface area contributed by atoms with Crippen LogP contribution in [0.1, 0.15) is 35.8 Å². The third kappa shape index (κ3) is 2.98. The van der Waals surface area contributed by atoms with E-state index in [1.165, 1.54) is 0 Å². The van der Waals surface area contributed by atoms with Gasteiger partial charge in [0.15, 0.2) is 0 Å². The Morgan fingerprint density at radius 3 is 2.31 bits per heavy atom. The van der Waals surface area contributed by atoms with Crippen molar-refractivity contribution >= 4 is 0 Å². The lowest BCUT2D eigenvalue weighted by Gasteiger charge is -2.13. The van der Waals surface area contributed by atoms with Crippen LogP contribution in [0.5, 0.6) is 0 Å². The number of aromatic nitrogens is 2. The monoisotopic (exact) mass is 235 g/mol. The lowest BCUT2D eigenvalue weighted by atomic mass is 10.0. The molecule has 0 aliphatic rings. The van der Waals surface area contributed by atoms with E-state index in [2.05, 4.69) is 5.10 Å². The molecule has 0 saturated carbocycles. The number of nitrogens with zero attached hydrogens (tertiary/aromatic N) is 2. The van der Waals surface area contributed by atoms with Crippen LogP contribution in [-0.2, 0) is 7.05 Å². The van der Waals surface area contributed by atoms with E-state index in [4.69, 9.17) is 5.73 Å². The Morgan fingerprint density at radius 1 is 1.38 bits per heavy atom. The van der Waals surface area contributed by atoms with Gasteiger partial charge in [-0.1, -0.05) is 0 Å². The van der Waals surface area contributed by atoms with Gasteiger partial charge in [0.1, 0.15) is 0 Å². The van der Waals surface area contributed by atoms with Gasteiger partial charge < -0.3 is 5.73 Å². The van der Waals surface area contributed by atoms with Gasteiger partial charge in [-0.25, -0.2) is 0 Å². The Bertz CT molecular complexity index is 368. The first-order valence-electron chi connectivity index (χ1n) is 5.05. The minimum atomic E-state index is -4.15. The second-order valence-corrected chi connectivity index (χ2v) is 3.97. The molecule has 16 heavy (non-hydrogen) atoms. The lowest BCUT2D eigenvalue weighted by Crippen LogP contribution is -2.17.